The van der Waals surface area contributed by atoms with Crippen LogP contribution >= 0.6 is 0 Å². The Balaban J connectivity index is 2.26. The van der Waals surface area contributed by atoms with Crippen molar-refractivity contribution in [2.24, 2.45) is 9.98 Å². The van der Waals surface area contributed by atoms with Crippen molar-refractivity contribution >= 4 is 18.1 Å². The molecule has 3 rings (SSSR count). The van der Waals surface area contributed by atoms with Crippen LogP contribution in [0, 0.1) is 0 Å². The van der Waals surface area contributed by atoms with Gasteiger partial charge < -0.3 is 4.98 Å². The van der Waals surface area contributed by atoms with Crippen LogP contribution in [-0.2, 0) is 0 Å². The average Bonchev–Trinajstić information content (AvgIpc) is 2.71. The Morgan fingerprint density at radius 3 is 3.42 bits per heavy atom. The quantitative estimate of drug-likeness (QED) is 0.591. The normalized spacial score (nSPS) is 23.7. The summed E-state index contributed by atoms with van der Waals surface area (Å²) in [6.07, 6.45) is 7.28. The van der Waals surface area contributed by atoms with E-state index in [0.717, 1.165) is 17.1 Å². The van der Waals surface area contributed by atoms with Gasteiger partial charge in [0.05, 0.1) is 17.7 Å². The third kappa shape index (κ3) is 0.592. The van der Waals surface area contributed by atoms with Crippen molar-refractivity contribution in [1.29, 1.82) is 0 Å². The lowest BCUT2D eigenvalue weighted by atomic mass is 10.0. The van der Waals surface area contributed by atoms with Crippen molar-refractivity contribution in [1.82, 2.24) is 9.97 Å². The highest BCUT2D eigenvalue weighted by Gasteiger charge is 2.24. The molecule has 0 bridgehead atoms. The number of nitrogens with zero attached hydrogens (tertiary/aromatic N) is 3. The van der Waals surface area contributed by atoms with Gasteiger partial charge in [-0.15, -0.1) is 0 Å². The van der Waals surface area contributed by atoms with Crippen molar-refractivity contribution in [2.75, 3.05) is 0 Å². The van der Waals surface area contributed by atoms with Crippen LogP contribution in [0.15, 0.2) is 22.4 Å². The molecule has 0 saturated heterocycles. The van der Waals surface area contributed by atoms with Gasteiger partial charge in [0.1, 0.15) is 18.1 Å². The zero-order chi connectivity index (χ0) is 7.97. The highest BCUT2D eigenvalue weighted by molar-refractivity contribution is 6.13. The van der Waals surface area contributed by atoms with Crippen LogP contribution in [0.25, 0.3) is 6.08 Å². The molecule has 0 aromatic carbocycles. The molecule has 4 heteroatoms. The number of hydrogen-bond acceptors (Lipinski definition) is 3. The Morgan fingerprint density at radius 2 is 2.42 bits per heavy atom. The summed E-state index contributed by atoms with van der Waals surface area (Å²) < 4.78 is 0. The van der Waals surface area contributed by atoms with Gasteiger partial charge in [-0.3, -0.25) is 4.99 Å². The van der Waals surface area contributed by atoms with Gasteiger partial charge in [-0.05, 0) is 6.08 Å². The van der Waals surface area contributed by atoms with Crippen molar-refractivity contribution < 1.29 is 0 Å². The van der Waals surface area contributed by atoms with E-state index < -0.39 is 0 Å². The number of fused-ring (bicyclic) bond motifs is 3. The fourth-order valence-electron chi connectivity index (χ4n) is 1.48. The zero-order valence-electron chi connectivity index (χ0n) is 6.23. The Kier molecular flexibility index (Phi) is 0.935. The first-order chi connectivity index (χ1) is 5.95. The molecule has 0 saturated carbocycles. The second-order valence-corrected chi connectivity index (χ2v) is 2.75. The molecule has 1 aliphatic heterocycles. The fourth-order valence-corrected chi connectivity index (χ4v) is 1.48. The summed E-state index contributed by atoms with van der Waals surface area (Å²) in [6.45, 7) is 0. The molecule has 1 aromatic rings. The Hall–Kier alpha value is -1.71. The second kappa shape index (κ2) is 1.91. The van der Waals surface area contributed by atoms with Crippen molar-refractivity contribution in [3.05, 3.63) is 23.8 Å². The molecule has 0 spiro atoms. The first kappa shape index (κ1) is 5.88. The minimum atomic E-state index is 0.0980. The van der Waals surface area contributed by atoms with E-state index in [-0.39, 0.29) is 6.04 Å². The van der Waals surface area contributed by atoms with Gasteiger partial charge in [-0.2, -0.15) is 0 Å². The maximum atomic E-state index is 4.18. The van der Waals surface area contributed by atoms with Gasteiger partial charge in [0.2, 0.25) is 0 Å². The summed E-state index contributed by atoms with van der Waals surface area (Å²) >= 11 is 0. The molecule has 0 amide bonds. The van der Waals surface area contributed by atoms with Gasteiger partial charge >= 0.3 is 0 Å². The molecule has 1 atom stereocenters. The Morgan fingerprint density at radius 1 is 1.42 bits per heavy atom. The zero-order valence-corrected chi connectivity index (χ0v) is 6.23. The third-order valence-corrected chi connectivity index (χ3v) is 2.06. The monoisotopic (exact) mass is 158 g/mol. The van der Waals surface area contributed by atoms with Crippen LogP contribution in [0.3, 0.4) is 0 Å². The molecule has 1 aromatic heterocycles. The second-order valence-electron chi connectivity index (χ2n) is 2.75. The van der Waals surface area contributed by atoms with E-state index in [4.69, 9.17) is 0 Å². The van der Waals surface area contributed by atoms with Crippen LogP contribution in [0.5, 0.6) is 0 Å². The number of aliphatic imine (C=N–C) groups is 2. The lowest BCUT2D eigenvalue weighted by Gasteiger charge is -2.09. The first-order valence-corrected chi connectivity index (χ1v) is 3.76. The molecule has 0 fully saturated rings. The molecule has 12 heavy (non-hydrogen) atoms. The van der Waals surface area contributed by atoms with Crippen LogP contribution in [-0.4, -0.2) is 28.1 Å². The smallest absolute Gasteiger partial charge is 0.115 e. The lowest BCUT2D eigenvalue weighted by molar-refractivity contribution is 1.10. The number of H-pyrrole nitrogens is 1. The molecule has 4 nitrogen and oxygen atoms in total. The molecule has 1 unspecified atom stereocenters. The maximum Gasteiger partial charge on any atom is 0.115 e. The summed E-state index contributed by atoms with van der Waals surface area (Å²) in [5, 5.41) is 0. The van der Waals surface area contributed by atoms with Crippen LogP contribution in [0.1, 0.15) is 11.4 Å². The Labute approximate surface area is 68.8 Å². The fraction of sp³-hybridized carbons (Fsp3) is 0.125. The van der Waals surface area contributed by atoms with Crippen molar-refractivity contribution in [2.45, 2.75) is 6.04 Å². The number of hydrogen-bond donors (Lipinski definition) is 1. The van der Waals surface area contributed by atoms with Crippen LogP contribution in [0.2, 0.25) is 0 Å². The lowest BCUT2D eigenvalue weighted by Crippen LogP contribution is -2.18. The summed E-state index contributed by atoms with van der Waals surface area (Å²) in [5.74, 6) is 0. The van der Waals surface area contributed by atoms with Crippen molar-refractivity contribution in [3.8, 4) is 0 Å². The number of nitrogens with one attached hydrogen (secondary N) is 1. The van der Waals surface area contributed by atoms with E-state index in [0.29, 0.717) is 0 Å². The summed E-state index contributed by atoms with van der Waals surface area (Å²) in [7, 11) is 0. The van der Waals surface area contributed by atoms with E-state index in [1.54, 1.807) is 12.7 Å². The largest absolute Gasteiger partial charge is 0.345 e. The minimum absolute atomic E-state index is 0.0980. The highest BCUT2D eigenvalue weighted by Crippen LogP contribution is 2.20. The first-order valence-electron chi connectivity index (χ1n) is 3.76. The molecule has 0 radical (unpaired) electrons. The van der Waals surface area contributed by atoms with Gasteiger partial charge in [0.25, 0.3) is 0 Å². The third-order valence-electron chi connectivity index (χ3n) is 2.06. The SMILES string of the molecule is C1=CC2N=CN=C2c2nc[nH]c21. The molecule has 2 heterocycles. The van der Waals surface area contributed by atoms with E-state index in [1.165, 1.54) is 0 Å². The number of imidazole rings is 1. The van der Waals surface area contributed by atoms with Gasteiger partial charge in [-0.25, -0.2) is 9.98 Å². The molecular formula is C8H6N4. The van der Waals surface area contributed by atoms with Crippen LogP contribution < -0.4 is 0 Å². The summed E-state index contributed by atoms with van der Waals surface area (Å²) in [6, 6.07) is 0.0980. The predicted octanol–water partition coefficient (Wildman–Crippen LogP) is 0.636. The van der Waals surface area contributed by atoms with E-state index in [9.17, 15) is 0 Å². The van der Waals surface area contributed by atoms with Gasteiger partial charge in [0, 0.05) is 0 Å². The standard InChI is InChI=1S/C8H6N4/c1-2-6-8(12-4-10-6)7-5(1)9-3-11-7/h1-5H,(H,10,12). The van der Waals surface area contributed by atoms with Crippen LogP contribution in [0.4, 0.5) is 0 Å². The summed E-state index contributed by atoms with van der Waals surface area (Å²) in [4.78, 5) is 15.5. The maximum absolute atomic E-state index is 4.18. The predicted molar refractivity (Wildman–Crippen MR) is 46.4 cm³/mol. The van der Waals surface area contributed by atoms with E-state index in [2.05, 4.69) is 20.0 Å². The molecule has 58 valence electrons. The summed E-state index contributed by atoms with van der Waals surface area (Å²) in [5.41, 5.74) is 2.91. The molecule has 1 aliphatic carbocycles. The molecular weight excluding hydrogens is 152 g/mol. The van der Waals surface area contributed by atoms with Gasteiger partial charge in [-0.1, -0.05) is 6.08 Å². The minimum Gasteiger partial charge on any atom is -0.345 e. The number of rotatable bonds is 0. The van der Waals surface area contributed by atoms with Crippen molar-refractivity contribution in [3.63, 3.8) is 0 Å². The highest BCUT2D eigenvalue weighted by atomic mass is 15.0. The average molecular weight is 158 g/mol. The molecule has 2 aliphatic rings. The van der Waals surface area contributed by atoms with Gasteiger partial charge in [0.15, 0.2) is 0 Å². The number of aromatic nitrogens is 2. The van der Waals surface area contributed by atoms with E-state index >= 15 is 0 Å². The van der Waals surface area contributed by atoms with E-state index in [1.807, 2.05) is 12.2 Å². The number of aromatic amines is 1. The Bertz CT molecular complexity index is 410. The topological polar surface area (TPSA) is 53.4 Å². The molecule has 1 N–H and O–H groups in total.